The fourth-order valence-corrected chi connectivity index (χ4v) is 2.46. The predicted octanol–water partition coefficient (Wildman–Crippen LogP) is 2.62. The number of para-hydroxylation sites is 1. The number of nitrogens with one attached hydrogen (secondary N) is 2. The molecule has 5 heteroatoms. The maximum Gasteiger partial charge on any atom is 0.227 e. The highest BCUT2D eigenvalue weighted by atomic mass is 32.1. The molecule has 1 heterocycles. The number of rotatable bonds is 5. The van der Waals surface area contributed by atoms with E-state index in [1.807, 2.05) is 24.3 Å². The van der Waals surface area contributed by atoms with Crippen LogP contribution in [0, 0.1) is 0 Å². The quantitative estimate of drug-likeness (QED) is 0.872. The number of nitrogens with zero attached hydrogens (tertiary/aromatic N) is 1. The fourth-order valence-electron chi connectivity index (χ4n) is 1.58. The molecule has 0 aliphatic rings. The number of carbonyl (C=O) groups excluding carboxylic acids is 1. The summed E-state index contributed by atoms with van der Waals surface area (Å²) >= 11 is 1.50. The first-order valence-corrected chi connectivity index (χ1v) is 6.85. The summed E-state index contributed by atoms with van der Waals surface area (Å²) in [5, 5.41) is 6.72. The largest absolute Gasteiger partial charge is 0.314 e. The number of anilines is 1. The summed E-state index contributed by atoms with van der Waals surface area (Å²) in [7, 11) is 0. The summed E-state index contributed by atoms with van der Waals surface area (Å²) in [5.41, 5.74) is 0.929. The lowest BCUT2D eigenvalue weighted by atomic mass is 10.3. The first-order chi connectivity index (χ1) is 8.65. The van der Waals surface area contributed by atoms with Crippen molar-refractivity contribution >= 4 is 32.6 Å². The molecule has 18 heavy (non-hydrogen) atoms. The van der Waals surface area contributed by atoms with Gasteiger partial charge in [0.25, 0.3) is 0 Å². The Hall–Kier alpha value is -1.46. The number of fused-ring (bicyclic) bond motifs is 1. The molecule has 2 aromatic rings. The van der Waals surface area contributed by atoms with E-state index in [1.54, 1.807) is 0 Å². The van der Waals surface area contributed by atoms with E-state index in [-0.39, 0.29) is 5.91 Å². The molecule has 0 aliphatic heterocycles. The number of hydrogen-bond donors (Lipinski definition) is 2. The molecule has 1 aromatic heterocycles. The van der Waals surface area contributed by atoms with Crippen LogP contribution in [0.25, 0.3) is 10.2 Å². The van der Waals surface area contributed by atoms with E-state index < -0.39 is 0 Å². The third kappa shape index (κ3) is 3.51. The van der Waals surface area contributed by atoms with Crippen LogP contribution in [0.3, 0.4) is 0 Å². The molecular formula is C13H17N3OS. The predicted molar refractivity (Wildman–Crippen MR) is 76.0 cm³/mol. The number of benzene rings is 1. The molecule has 0 saturated heterocycles. The van der Waals surface area contributed by atoms with E-state index in [4.69, 9.17) is 0 Å². The lowest BCUT2D eigenvalue weighted by Gasteiger charge is -2.06. The Balaban J connectivity index is 1.90. The summed E-state index contributed by atoms with van der Waals surface area (Å²) in [6.45, 7) is 4.81. The summed E-state index contributed by atoms with van der Waals surface area (Å²) < 4.78 is 1.09. The van der Waals surface area contributed by atoms with Crippen molar-refractivity contribution in [3.05, 3.63) is 24.3 Å². The molecule has 0 fully saturated rings. The van der Waals surface area contributed by atoms with Crippen LogP contribution in [0.5, 0.6) is 0 Å². The first kappa shape index (κ1) is 13.0. The number of amides is 1. The van der Waals surface area contributed by atoms with Gasteiger partial charge in [-0.05, 0) is 12.1 Å². The van der Waals surface area contributed by atoms with Gasteiger partial charge in [0.15, 0.2) is 5.13 Å². The van der Waals surface area contributed by atoms with Gasteiger partial charge in [-0.3, -0.25) is 4.79 Å². The number of thiazole rings is 1. The topological polar surface area (TPSA) is 54.0 Å². The van der Waals surface area contributed by atoms with Crippen molar-refractivity contribution < 1.29 is 4.79 Å². The third-order valence-corrected chi connectivity index (χ3v) is 3.40. The SMILES string of the molecule is CC(C)NCCC(=O)Nc1nc2ccccc2s1. The minimum absolute atomic E-state index is 0.00204. The Bertz CT molecular complexity index is 503. The molecule has 2 N–H and O–H groups in total. The Morgan fingerprint density at radius 3 is 2.89 bits per heavy atom. The van der Waals surface area contributed by atoms with Gasteiger partial charge in [-0.25, -0.2) is 4.98 Å². The van der Waals surface area contributed by atoms with Crippen molar-refractivity contribution in [2.75, 3.05) is 11.9 Å². The van der Waals surface area contributed by atoms with Crippen LogP contribution in [0.2, 0.25) is 0 Å². The highest BCUT2D eigenvalue weighted by Gasteiger charge is 2.07. The molecule has 2 rings (SSSR count). The maximum atomic E-state index is 11.7. The van der Waals surface area contributed by atoms with E-state index >= 15 is 0 Å². The summed E-state index contributed by atoms with van der Waals surface area (Å²) in [5.74, 6) is 0.00204. The van der Waals surface area contributed by atoms with E-state index in [0.29, 0.717) is 24.1 Å². The summed E-state index contributed by atoms with van der Waals surface area (Å²) in [6.07, 6.45) is 0.466. The second-order valence-electron chi connectivity index (χ2n) is 4.39. The average Bonchev–Trinajstić information content (AvgIpc) is 2.70. The van der Waals surface area contributed by atoms with Gasteiger partial charge in [0.1, 0.15) is 0 Å². The van der Waals surface area contributed by atoms with E-state index in [9.17, 15) is 4.79 Å². The van der Waals surface area contributed by atoms with Crippen LogP contribution in [0.4, 0.5) is 5.13 Å². The van der Waals surface area contributed by atoms with Gasteiger partial charge in [0.05, 0.1) is 10.2 Å². The standard InChI is InChI=1S/C13H17N3OS/c1-9(2)14-8-7-12(17)16-13-15-10-5-3-4-6-11(10)18-13/h3-6,9,14H,7-8H2,1-2H3,(H,15,16,17). The minimum Gasteiger partial charge on any atom is -0.314 e. The van der Waals surface area contributed by atoms with Crippen molar-refractivity contribution in [2.24, 2.45) is 0 Å². The molecular weight excluding hydrogens is 246 g/mol. The zero-order valence-electron chi connectivity index (χ0n) is 10.6. The van der Waals surface area contributed by atoms with Gasteiger partial charge in [-0.1, -0.05) is 37.3 Å². The van der Waals surface area contributed by atoms with Gasteiger partial charge < -0.3 is 10.6 Å². The van der Waals surface area contributed by atoms with E-state index in [0.717, 1.165) is 10.2 Å². The molecule has 0 bridgehead atoms. The van der Waals surface area contributed by atoms with E-state index in [2.05, 4.69) is 29.5 Å². The van der Waals surface area contributed by atoms with Crippen LogP contribution in [0.15, 0.2) is 24.3 Å². The van der Waals surface area contributed by atoms with Crippen LogP contribution in [-0.2, 0) is 4.79 Å². The van der Waals surface area contributed by atoms with Crippen molar-refractivity contribution in [3.8, 4) is 0 Å². The molecule has 96 valence electrons. The molecule has 0 aliphatic carbocycles. The first-order valence-electron chi connectivity index (χ1n) is 6.04. The second kappa shape index (κ2) is 5.93. The van der Waals surface area contributed by atoms with Crippen molar-refractivity contribution in [1.82, 2.24) is 10.3 Å². The fraction of sp³-hybridized carbons (Fsp3) is 0.385. The summed E-state index contributed by atoms with van der Waals surface area (Å²) in [6, 6.07) is 8.27. The molecule has 4 nitrogen and oxygen atoms in total. The zero-order chi connectivity index (χ0) is 13.0. The number of aromatic nitrogens is 1. The average molecular weight is 263 g/mol. The van der Waals surface area contributed by atoms with Gasteiger partial charge in [-0.15, -0.1) is 0 Å². The minimum atomic E-state index is 0.00204. The van der Waals surface area contributed by atoms with Gasteiger partial charge in [-0.2, -0.15) is 0 Å². The van der Waals surface area contributed by atoms with Crippen LogP contribution < -0.4 is 10.6 Å². The molecule has 1 amide bonds. The molecule has 0 unspecified atom stereocenters. The Kier molecular flexibility index (Phi) is 4.28. The van der Waals surface area contributed by atoms with Crippen LogP contribution in [0.1, 0.15) is 20.3 Å². The van der Waals surface area contributed by atoms with Gasteiger partial charge >= 0.3 is 0 Å². The lowest BCUT2D eigenvalue weighted by molar-refractivity contribution is -0.116. The summed E-state index contributed by atoms with van der Waals surface area (Å²) in [4.78, 5) is 16.0. The Morgan fingerprint density at radius 2 is 2.17 bits per heavy atom. The zero-order valence-corrected chi connectivity index (χ0v) is 11.4. The second-order valence-corrected chi connectivity index (χ2v) is 5.42. The molecule has 1 aromatic carbocycles. The highest BCUT2D eigenvalue weighted by Crippen LogP contribution is 2.25. The maximum absolute atomic E-state index is 11.7. The normalized spacial score (nSPS) is 11.1. The third-order valence-electron chi connectivity index (χ3n) is 2.44. The number of carbonyl (C=O) groups is 1. The monoisotopic (exact) mass is 263 g/mol. The lowest BCUT2D eigenvalue weighted by Crippen LogP contribution is -2.27. The Labute approximate surface area is 110 Å². The molecule has 0 atom stereocenters. The molecule has 0 spiro atoms. The van der Waals surface area contributed by atoms with Crippen LogP contribution >= 0.6 is 11.3 Å². The molecule has 0 radical (unpaired) electrons. The molecule has 0 saturated carbocycles. The number of hydrogen-bond acceptors (Lipinski definition) is 4. The van der Waals surface area contributed by atoms with Crippen molar-refractivity contribution in [3.63, 3.8) is 0 Å². The van der Waals surface area contributed by atoms with Crippen molar-refractivity contribution in [1.29, 1.82) is 0 Å². The smallest absolute Gasteiger partial charge is 0.227 e. The van der Waals surface area contributed by atoms with Gasteiger partial charge in [0.2, 0.25) is 5.91 Å². The highest BCUT2D eigenvalue weighted by molar-refractivity contribution is 7.22. The van der Waals surface area contributed by atoms with Crippen molar-refractivity contribution in [2.45, 2.75) is 26.3 Å². The Morgan fingerprint density at radius 1 is 1.39 bits per heavy atom. The van der Waals surface area contributed by atoms with Crippen LogP contribution in [-0.4, -0.2) is 23.5 Å². The van der Waals surface area contributed by atoms with E-state index in [1.165, 1.54) is 11.3 Å². The van der Waals surface area contributed by atoms with Gasteiger partial charge in [0, 0.05) is 19.0 Å².